The molecule has 0 saturated heterocycles. The van der Waals surface area contributed by atoms with Crippen molar-refractivity contribution in [3.05, 3.63) is 92.3 Å². The van der Waals surface area contributed by atoms with Gasteiger partial charge in [0.15, 0.2) is 5.82 Å². The van der Waals surface area contributed by atoms with Crippen LogP contribution >= 0.6 is 0 Å². The van der Waals surface area contributed by atoms with Crippen LogP contribution in [-0.4, -0.2) is 52.2 Å². The summed E-state index contributed by atoms with van der Waals surface area (Å²) in [4.78, 5) is 33.0. The lowest BCUT2D eigenvalue weighted by Gasteiger charge is -2.36. The van der Waals surface area contributed by atoms with E-state index < -0.39 is 17.2 Å². The van der Waals surface area contributed by atoms with Crippen LogP contribution in [0.2, 0.25) is 0 Å². The highest BCUT2D eigenvalue weighted by molar-refractivity contribution is 5.80. The summed E-state index contributed by atoms with van der Waals surface area (Å²) in [6, 6.07) is 12.1. The van der Waals surface area contributed by atoms with E-state index in [1.807, 2.05) is 26.0 Å². The number of aliphatic hydroxyl groups is 1. The van der Waals surface area contributed by atoms with Crippen molar-refractivity contribution in [3.63, 3.8) is 0 Å². The van der Waals surface area contributed by atoms with Crippen molar-refractivity contribution in [3.8, 4) is 22.5 Å². The summed E-state index contributed by atoms with van der Waals surface area (Å²) in [6.45, 7) is 7.58. The molecule has 1 unspecified atom stereocenters. The lowest BCUT2D eigenvalue weighted by Crippen LogP contribution is -2.41. The zero-order valence-electron chi connectivity index (χ0n) is 27.2. The zero-order chi connectivity index (χ0) is 33.3. The largest absolute Gasteiger partial charge is 0.439 e. The predicted octanol–water partition coefficient (Wildman–Crippen LogP) is 5.63. The molecule has 3 heterocycles. The minimum absolute atomic E-state index is 0.00618. The number of aryl methyl sites for hydroxylation is 1. The SMILES string of the molecule is CCCc1c(Cc2ccc(-c3ccccc3-c3noc(=O)[nH]3)cc2F)c(=O)n(C2CCC(OC(CC)C(C)(C)O)CC2)c2ncnn12. The van der Waals surface area contributed by atoms with Crippen LogP contribution in [0.1, 0.15) is 89.1 Å². The average Bonchev–Trinajstić information content (AvgIpc) is 3.71. The van der Waals surface area contributed by atoms with E-state index in [0.29, 0.717) is 59.3 Å². The molecule has 248 valence electrons. The maximum atomic E-state index is 15.9. The fraction of sp³-hybridized carbons (Fsp3) is 0.457. The predicted molar refractivity (Wildman–Crippen MR) is 175 cm³/mol. The molecule has 3 aromatic heterocycles. The Labute approximate surface area is 271 Å². The van der Waals surface area contributed by atoms with E-state index in [-0.39, 0.29) is 36.1 Å². The zero-order valence-corrected chi connectivity index (χ0v) is 27.2. The van der Waals surface area contributed by atoms with Gasteiger partial charge in [0.1, 0.15) is 12.1 Å². The monoisotopic (exact) mass is 644 g/mol. The Morgan fingerprint density at radius 3 is 2.49 bits per heavy atom. The van der Waals surface area contributed by atoms with Crippen LogP contribution in [0.25, 0.3) is 28.3 Å². The Hall–Kier alpha value is -4.42. The number of nitrogens with zero attached hydrogens (tertiary/aromatic N) is 5. The summed E-state index contributed by atoms with van der Waals surface area (Å²) in [7, 11) is 0. The van der Waals surface area contributed by atoms with Gasteiger partial charge in [0.05, 0.1) is 23.5 Å². The highest BCUT2D eigenvalue weighted by atomic mass is 19.1. The van der Waals surface area contributed by atoms with Crippen LogP contribution in [0.3, 0.4) is 0 Å². The second-order valence-electron chi connectivity index (χ2n) is 12.9. The maximum Gasteiger partial charge on any atom is 0.439 e. The number of fused-ring (bicyclic) bond motifs is 1. The van der Waals surface area contributed by atoms with E-state index in [2.05, 4.69) is 24.7 Å². The molecule has 0 aliphatic heterocycles. The van der Waals surface area contributed by atoms with Gasteiger partial charge in [-0.2, -0.15) is 10.1 Å². The lowest BCUT2D eigenvalue weighted by molar-refractivity contribution is -0.128. The van der Waals surface area contributed by atoms with Crippen molar-refractivity contribution in [1.29, 1.82) is 0 Å². The molecule has 12 heteroatoms. The Kier molecular flexibility index (Phi) is 9.25. The summed E-state index contributed by atoms with van der Waals surface area (Å²) in [5.41, 5.74) is 2.38. The Bertz CT molecular complexity index is 1980. The van der Waals surface area contributed by atoms with Crippen LogP contribution in [0, 0.1) is 5.82 Å². The molecule has 0 radical (unpaired) electrons. The third kappa shape index (κ3) is 6.57. The number of nitrogens with one attached hydrogen (secondary N) is 1. The Morgan fingerprint density at radius 1 is 1.11 bits per heavy atom. The molecular weight excluding hydrogens is 603 g/mol. The lowest BCUT2D eigenvalue weighted by atomic mass is 9.91. The number of hydrogen-bond acceptors (Lipinski definition) is 8. The average molecular weight is 645 g/mol. The van der Waals surface area contributed by atoms with E-state index >= 15 is 4.39 Å². The maximum absolute atomic E-state index is 15.9. The highest BCUT2D eigenvalue weighted by Gasteiger charge is 2.33. The molecule has 1 aliphatic rings. The van der Waals surface area contributed by atoms with E-state index in [1.165, 1.54) is 12.4 Å². The third-order valence-corrected chi connectivity index (χ3v) is 9.19. The van der Waals surface area contributed by atoms with Gasteiger partial charge in [-0.15, -0.1) is 0 Å². The second kappa shape index (κ2) is 13.4. The molecule has 11 nitrogen and oxygen atoms in total. The molecule has 2 N–H and O–H groups in total. The molecule has 1 fully saturated rings. The van der Waals surface area contributed by atoms with Crippen LogP contribution in [0.4, 0.5) is 4.39 Å². The Balaban J connectivity index is 1.32. The first-order chi connectivity index (χ1) is 22.6. The smallest absolute Gasteiger partial charge is 0.388 e. The van der Waals surface area contributed by atoms with Gasteiger partial charge in [-0.05, 0) is 75.1 Å². The molecule has 1 saturated carbocycles. The van der Waals surface area contributed by atoms with E-state index in [4.69, 9.17) is 4.74 Å². The molecule has 6 rings (SSSR count). The molecule has 0 amide bonds. The standard InChI is InChI=1S/C35H41FN6O5/c1-5-9-29-27(18-22-13-12-21(19-28(22)36)25-10-7-8-11-26(25)31-39-34(44)47-40-31)32(43)41(33-37-20-38-42(29)33)23-14-16-24(17-15-23)46-30(6-2)35(3,4)45/h7-8,10-13,19-20,23-24,30,45H,5-6,9,14-18H2,1-4H3,(H,39,40,44). The fourth-order valence-electron chi connectivity index (χ4n) is 6.85. The van der Waals surface area contributed by atoms with E-state index in [9.17, 15) is 14.7 Å². The fourth-order valence-corrected chi connectivity index (χ4v) is 6.85. The molecule has 2 aromatic carbocycles. The van der Waals surface area contributed by atoms with E-state index in [0.717, 1.165) is 25.0 Å². The Morgan fingerprint density at radius 2 is 1.85 bits per heavy atom. The van der Waals surface area contributed by atoms with Crippen molar-refractivity contribution in [1.82, 2.24) is 29.3 Å². The summed E-state index contributed by atoms with van der Waals surface area (Å²) in [5, 5.41) is 18.8. The van der Waals surface area contributed by atoms with Gasteiger partial charge >= 0.3 is 5.76 Å². The first kappa shape index (κ1) is 32.5. The molecule has 47 heavy (non-hydrogen) atoms. The van der Waals surface area contributed by atoms with Gasteiger partial charge in [-0.1, -0.05) is 61.8 Å². The number of H-pyrrole nitrogens is 1. The van der Waals surface area contributed by atoms with Gasteiger partial charge in [-0.3, -0.25) is 18.9 Å². The first-order valence-electron chi connectivity index (χ1n) is 16.4. The van der Waals surface area contributed by atoms with Crippen molar-refractivity contribution < 1.29 is 18.8 Å². The summed E-state index contributed by atoms with van der Waals surface area (Å²) >= 11 is 0. The van der Waals surface area contributed by atoms with Gasteiger partial charge in [0.25, 0.3) is 5.56 Å². The molecule has 0 spiro atoms. The minimum Gasteiger partial charge on any atom is -0.388 e. The molecular formula is C35H41FN6O5. The van der Waals surface area contributed by atoms with Crippen LogP contribution < -0.4 is 11.3 Å². The number of halogens is 1. The number of aromatic amines is 1. The summed E-state index contributed by atoms with van der Waals surface area (Å²) < 4.78 is 30.4. The molecule has 1 atom stereocenters. The second-order valence-corrected chi connectivity index (χ2v) is 12.9. The van der Waals surface area contributed by atoms with Gasteiger partial charge in [-0.25, -0.2) is 13.7 Å². The van der Waals surface area contributed by atoms with E-state index in [1.54, 1.807) is 47.2 Å². The van der Waals surface area contributed by atoms with Gasteiger partial charge in [0, 0.05) is 23.6 Å². The van der Waals surface area contributed by atoms with Crippen LogP contribution in [0.15, 0.2) is 62.9 Å². The number of ether oxygens (including phenoxy) is 1. The third-order valence-electron chi connectivity index (χ3n) is 9.19. The summed E-state index contributed by atoms with van der Waals surface area (Å²) in [5.74, 6) is -0.378. The van der Waals surface area contributed by atoms with Crippen molar-refractivity contribution >= 4 is 5.78 Å². The van der Waals surface area contributed by atoms with Crippen molar-refractivity contribution in [2.45, 2.75) is 103 Å². The van der Waals surface area contributed by atoms with Crippen LogP contribution in [-0.2, 0) is 17.6 Å². The number of hydrogen-bond donors (Lipinski definition) is 2. The van der Waals surface area contributed by atoms with Crippen LogP contribution in [0.5, 0.6) is 0 Å². The van der Waals surface area contributed by atoms with Gasteiger partial charge in [0.2, 0.25) is 5.78 Å². The number of rotatable bonds is 11. The number of aromatic nitrogens is 6. The van der Waals surface area contributed by atoms with Crippen molar-refractivity contribution in [2.75, 3.05) is 0 Å². The molecule has 1 aliphatic carbocycles. The van der Waals surface area contributed by atoms with Gasteiger partial charge < -0.3 is 9.84 Å². The molecule has 0 bridgehead atoms. The molecule has 5 aromatic rings. The van der Waals surface area contributed by atoms with Crippen molar-refractivity contribution in [2.24, 2.45) is 0 Å². The topological polar surface area (TPSA) is 141 Å². The summed E-state index contributed by atoms with van der Waals surface area (Å²) in [6.07, 6.45) is 6.26. The number of benzene rings is 2. The first-order valence-corrected chi connectivity index (χ1v) is 16.4. The quantitative estimate of drug-likeness (QED) is 0.189. The minimum atomic E-state index is -0.936. The highest BCUT2D eigenvalue weighted by Crippen LogP contribution is 2.34. The normalized spacial score (nSPS) is 17.7.